The molecule has 11 heteroatoms. The van der Waals surface area contributed by atoms with Crippen molar-refractivity contribution in [2.75, 3.05) is 7.11 Å². The largest absolute Gasteiger partial charge is 0.467 e. The zero-order chi connectivity index (χ0) is 21.4. The van der Waals surface area contributed by atoms with Gasteiger partial charge in [-0.3, -0.25) is 9.59 Å². The van der Waals surface area contributed by atoms with Crippen LogP contribution in [0.3, 0.4) is 0 Å². The van der Waals surface area contributed by atoms with E-state index < -0.39 is 38.5 Å². The van der Waals surface area contributed by atoms with Crippen LogP contribution >= 0.6 is 58.0 Å². The molecule has 0 aliphatic carbocycles. The molecule has 0 radical (unpaired) electrons. The minimum Gasteiger partial charge on any atom is -0.467 e. The smallest absolute Gasteiger partial charge is 0.328 e. The third kappa shape index (κ3) is 10.3. The number of carbonyl (C=O) groups is 3. The van der Waals surface area contributed by atoms with Gasteiger partial charge in [0.2, 0.25) is 11.8 Å². The molecule has 27 heavy (non-hydrogen) atoms. The van der Waals surface area contributed by atoms with Crippen LogP contribution in [-0.4, -0.2) is 45.6 Å². The fourth-order valence-electron chi connectivity index (χ4n) is 2.12. The summed E-state index contributed by atoms with van der Waals surface area (Å²) in [5.74, 6) is -2.43. The number of ether oxygens (including phenoxy) is 1. The first-order valence-electron chi connectivity index (χ1n) is 8.35. The van der Waals surface area contributed by atoms with Crippen LogP contribution in [0.1, 0.15) is 40.0 Å². The van der Waals surface area contributed by atoms with Gasteiger partial charge < -0.3 is 15.4 Å². The Balaban J connectivity index is 5.34. The van der Waals surface area contributed by atoms with Crippen LogP contribution in [0.15, 0.2) is 0 Å². The Labute approximate surface area is 184 Å². The van der Waals surface area contributed by atoms with Gasteiger partial charge in [-0.25, -0.2) is 4.79 Å². The molecular weight excluding hydrogens is 461 g/mol. The molecule has 2 N–H and O–H groups in total. The number of hydrogen-bond donors (Lipinski definition) is 2. The number of amides is 2. The Kier molecular flexibility index (Phi) is 12.4. The average molecular weight is 487 g/mol. The summed E-state index contributed by atoms with van der Waals surface area (Å²) in [7, 11) is 1.20. The maximum Gasteiger partial charge on any atom is 0.328 e. The van der Waals surface area contributed by atoms with Crippen LogP contribution in [0, 0.1) is 11.8 Å². The van der Waals surface area contributed by atoms with Crippen LogP contribution in [0.2, 0.25) is 0 Å². The molecule has 0 unspecified atom stereocenters. The second kappa shape index (κ2) is 12.4. The summed E-state index contributed by atoms with van der Waals surface area (Å²) in [5.41, 5.74) is 0. The second-order valence-corrected chi connectivity index (χ2v) is 9.82. The molecule has 4 atom stereocenters. The van der Waals surface area contributed by atoms with Gasteiger partial charge in [-0.2, -0.15) is 0 Å². The van der Waals surface area contributed by atoms with Crippen molar-refractivity contribution >= 4 is 75.8 Å². The van der Waals surface area contributed by atoms with Crippen molar-refractivity contribution in [3.63, 3.8) is 0 Å². The fourth-order valence-corrected chi connectivity index (χ4v) is 2.59. The number of alkyl halides is 5. The van der Waals surface area contributed by atoms with E-state index in [-0.39, 0.29) is 31.1 Å². The third-order valence-electron chi connectivity index (χ3n) is 3.96. The lowest BCUT2D eigenvalue weighted by atomic mass is 10.00. The number of halogens is 5. The van der Waals surface area contributed by atoms with Crippen molar-refractivity contribution < 1.29 is 19.1 Å². The minimum absolute atomic E-state index is 0.0607. The second-order valence-electron chi connectivity index (χ2n) is 6.28. The minimum atomic E-state index is -1.61. The SMILES string of the molecule is CCC(=O)N[C@H](C[C@H](C)C(Cl)(Cl)Cl)C(=O)N[C@@H](C[C@H](C)C(Cl)Cl)C(=O)OC. The van der Waals surface area contributed by atoms with Crippen molar-refractivity contribution in [2.45, 2.75) is 60.7 Å². The van der Waals surface area contributed by atoms with Crippen LogP contribution in [-0.2, 0) is 19.1 Å². The lowest BCUT2D eigenvalue weighted by Gasteiger charge is -2.27. The number of methoxy groups -OCH3 is 1. The molecule has 0 aromatic carbocycles. The van der Waals surface area contributed by atoms with Crippen molar-refractivity contribution in [1.82, 2.24) is 10.6 Å². The zero-order valence-corrected chi connectivity index (χ0v) is 19.3. The Hall–Kier alpha value is -0.140. The van der Waals surface area contributed by atoms with Gasteiger partial charge in [0.15, 0.2) is 3.79 Å². The molecule has 0 fully saturated rings. The Bertz CT molecular complexity index is 514. The van der Waals surface area contributed by atoms with E-state index >= 15 is 0 Å². The molecule has 2 amide bonds. The highest BCUT2D eigenvalue weighted by Gasteiger charge is 2.35. The summed E-state index contributed by atoms with van der Waals surface area (Å²) in [6.07, 6.45) is 0.388. The van der Waals surface area contributed by atoms with Crippen LogP contribution in [0.4, 0.5) is 0 Å². The van der Waals surface area contributed by atoms with E-state index in [9.17, 15) is 14.4 Å². The number of esters is 1. The van der Waals surface area contributed by atoms with E-state index in [4.69, 9.17) is 62.7 Å². The monoisotopic (exact) mass is 484 g/mol. The fraction of sp³-hybridized carbons (Fsp3) is 0.812. The highest BCUT2D eigenvalue weighted by molar-refractivity contribution is 6.67. The zero-order valence-electron chi connectivity index (χ0n) is 15.5. The van der Waals surface area contributed by atoms with Gasteiger partial charge in [0.1, 0.15) is 16.9 Å². The topological polar surface area (TPSA) is 84.5 Å². The van der Waals surface area contributed by atoms with Crippen molar-refractivity contribution in [2.24, 2.45) is 11.8 Å². The predicted octanol–water partition coefficient (Wildman–Crippen LogP) is 3.77. The summed E-state index contributed by atoms with van der Waals surface area (Å²) >= 11 is 29.3. The van der Waals surface area contributed by atoms with Crippen LogP contribution < -0.4 is 10.6 Å². The summed E-state index contributed by atoms with van der Waals surface area (Å²) in [4.78, 5) is 35.8. The van der Waals surface area contributed by atoms with Gasteiger partial charge in [-0.05, 0) is 18.8 Å². The van der Waals surface area contributed by atoms with E-state index in [0.29, 0.717) is 0 Å². The van der Waals surface area contributed by atoms with E-state index in [1.165, 1.54) is 7.11 Å². The van der Waals surface area contributed by atoms with E-state index in [1.54, 1.807) is 20.8 Å². The molecule has 0 aromatic rings. The normalized spacial score (nSPS) is 16.2. The molecule has 0 bridgehead atoms. The molecular formula is C16H25Cl5N2O4. The highest BCUT2D eigenvalue weighted by atomic mass is 35.6. The van der Waals surface area contributed by atoms with Crippen LogP contribution in [0.5, 0.6) is 0 Å². The van der Waals surface area contributed by atoms with E-state index in [0.717, 1.165) is 0 Å². The molecule has 0 heterocycles. The predicted molar refractivity (Wildman–Crippen MR) is 110 cm³/mol. The van der Waals surface area contributed by atoms with Crippen molar-refractivity contribution in [3.05, 3.63) is 0 Å². The standard InChI is InChI=1S/C16H25Cl5N2O4/c1-5-12(24)22-10(7-9(3)16(19,20)21)14(25)23-11(15(26)27-4)6-8(2)13(17)18/h8-11,13H,5-7H2,1-4H3,(H,22,24)(H,23,25)/t8-,9-,10+,11-/m0/s1. The molecule has 0 aromatic heterocycles. The molecule has 0 saturated carbocycles. The summed E-state index contributed by atoms with van der Waals surface area (Å²) in [5, 5.41) is 5.14. The van der Waals surface area contributed by atoms with Gasteiger partial charge in [0, 0.05) is 12.3 Å². The van der Waals surface area contributed by atoms with Gasteiger partial charge >= 0.3 is 5.97 Å². The highest BCUT2D eigenvalue weighted by Crippen LogP contribution is 2.37. The average Bonchev–Trinajstić information content (AvgIpc) is 2.58. The molecule has 0 spiro atoms. The number of carbonyl (C=O) groups excluding carboxylic acids is 3. The summed E-state index contributed by atoms with van der Waals surface area (Å²) in [6.45, 7) is 5.01. The number of hydrogen-bond acceptors (Lipinski definition) is 4. The van der Waals surface area contributed by atoms with Gasteiger partial charge in [0.05, 0.1) is 7.11 Å². The quantitative estimate of drug-likeness (QED) is 0.364. The molecule has 158 valence electrons. The Morgan fingerprint density at radius 2 is 1.56 bits per heavy atom. The molecule has 6 nitrogen and oxygen atoms in total. The Morgan fingerprint density at radius 1 is 1.00 bits per heavy atom. The first kappa shape index (κ1) is 26.9. The van der Waals surface area contributed by atoms with Gasteiger partial charge in [-0.1, -0.05) is 55.6 Å². The third-order valence-corrected chi connectivity index (χ3v) is 5.94. The maximum atomic E-state index is 12.7. The first-order chi connectivity index (χ1) is 12.3. The number of rotatable bonds is 10. The van der Waals surface area contributed by atoms with E-state index in [1.807, 2.05) is 0 Å². The van der Waals surface area contributed by atoms with Crippen molar-refractivity contribution in [1.29, 1.82) is 0 Å². The van der Waals surface area contributed by atoms with Gasteiger partial charge in [0.25, 0.3) is 0 Å². The molecule has 0 aliphatic rings. The lowest BCUT2D eigenvalue weighted by Crippen LogP contribution is -2.53. The molecule has 0 aliphatic heterocycles. The molecule has 0 saturated heterocycles. The van der Waals surface area contributed by atoms with Gasteiger partial charge in [-0.15, -0.1) is 23.2 Å². The Morgan fingerprint density at radius 3 is 1.96 bits per heavy atom. The van der Waals surface area contributed by atoms with E-state index in [2.05, 4.69) is 10.6 Å². The lowest BCUT2D eigenvalue weighted by molar-refractivity contribution is -0.146. The van der Waals surface area contributed by atoms with Crippen molar-refractivity contribution in [3.8, 4) is 0 Å². The maximum absolute atomic E-state index is 12.7. The summed E-state index contributed by atoms with van der Waals surface area (Å²) in [6, 6.07) is -1.98. The molecule has 0 rings (SSSR count). The summed E-state index contributed by atoms with van der Waals surface area (Å²) < 4.78 is 3.11. The number of nitrogens with one attached hydrogen (secondary N) is 2. The first-order valence-corrected chi connectivity index (χ1v) is 10.4. The van der Waals surface area contributed by atoms with Crippen LogP contribution in [0.25, 0.3) is 0 Å².